The minimum atomic E-state index is -0.470. The summed E-state index contributed by atoms with van der Waals surface area (Å²) >= 11 is 6.57. The third-order valence-corrected chi connectivity index (χ3v) is 7.43. The van der Waals surface area contributed by atoms with Crippen molar-refractivity contribution in [3.8, 4) is 5.69 Å². The Hall–Kier alpha value is -2.87. The lowest BCUT2D eigenvalue weighted by molar-refractivity contribution is -0.554. The molecule has 1 aromatic heterocycles. The number of nitrogens with two attached hydrogens (primary N) is 1. The van der Waals surface area contributed by atoms with Crippen LogP contribution in [-0.2, 0) is 17.9 Å². The van der Waals surface area contributed by atoms with Crippen LogP contribution in [0.1, 0.15) is 25.5 Å². The van der Waals surface area contributed by atoms with Gasteiger partial charge in [-0.3, -0.25) is 19.7 Å². The van der Waals surface area contributed by atoms with E-state index in [-0.39, 0.29) is 16.5 Å². The molecule has 0 unspecified atom stereocenters. The van der Waals surface area contributed by atoms with E-state index < -0.39 is 5.54 Å². The number of quaternary nitrogens is 1. The van der Waals surface area contributed by atoms with Gasteiger partial charge < -0.3 is 4.90 Å². The largest absolute Gasteiger partial charge is 0.337 e. The zero-order valence-electron chi connectivity index (χ0n) is 18.8. The van der Waals surface area contributed by atoms with E-state index in [0.717, 1.165) is 43.0 Å². The fourth-order valence-corrected chi connectivity index (χ4v) is 5.55. The van der Waals surface area contributed by atoms with Crippen molar-refractivity contribution < 1.29 is 10.1 Å². The number of hydrogen-bond acceptors (Lipinski definition) is 4. The number of primary amides is 1. The van der Waals surface area contributed by atoms with Gasteiger partial charge in [-0.2, -0.15) is 0 Å². The zero-order chi connectivity index (χ0) is 23.0. The number of nitrogens with zero attached hydrogens (tertiary/aromatic N) is 4. The van der Waals surface area contributed by atoms with Gasteiger partial charge in [0.1, 0.15) is 5.02 Å². The molecule has 33 heavy (non-hydrogen) atoms. The number of benzene rings is 2. The van der Waals surface area contributed by atoms with Crippen molar-refractivity contribution >= 4 is 23.2 Å². The highest BCUT2D eigenvalue weighted by Gasteiger charge is 2.54. The summed E-state index contributed by atoms with van der Waals surface area (Å²) in [6.45, 7) is 5.44. The SMILES string of the molecule is CCn1c(CN2CCC3(CC2)C(=O)[NH2+]CN3c2ccccc2)c(Cl)c(=O)n1-c1ccccc1. The van der Waals surface area contributed by atoms with Crippen LogP contribution in [0.15, 0.2) is 65.5 Å². The van der Waals surface area contributed by atoms with Crippen molar-refractivity contribution in [3.63, 3.8) is 0 Å². The maximum atomic E-state index is 13.0. The van der Waals surface area contributed by atoms with Crippen LogP contribution in [0.25, 0.3) is 5.69 Å². The summed E-state index contributed by atoms with van der Waals surface area (Å²) in [7, 11) is 0. The lowest BCUT2D eigenvalue weighted by Gasteiger charge is -2.41. The average Bonchev–Trinajstić information content (AvgIpc) is 3.30. The third kappa shape index (κ3) is 3.70. The van der Waals surface area contributed by atoms with Gasteiger partial charge in [-0.05, 0) is 44.0 Å². The summed E-state index contributed by atoms with van der Waals surface area (Å²) in [5.74, 6) is 0.227. The van der Waals surface area contributed by atoms with E-state index in [0.29, 0.717) is 19.8 Å². The Kier molecular flexibility index (Phi) is 5.86. The number of rotatable bonds is 5. The summed E-state index contributed by atoms with van der Waals surface area (Å²) in [6.07, 6.45) is 1.51. The topological polar surface area (TPSA) is 67.1 Å². The van der Waals surface area contributed by atoms with Gasteiger partial charge in [0.25, 0.3) is 5.56 Å². The number of amides is 1. The highest BCUT2D eigenvalue weighted by Crippen LogP contribution is 2.34. The van der Waals surface area contributed by atoms with Crippen LogP contribution in [0.3, 0.4) is 0 Å². The van der Waals surface area contributed by atoms with Crippen molar-refractivity contribution in [1.82, 2.24) is 14.3 Å². The van der Waals surface area contributed by atoms with Gasteiger partial charge in [0.05, 0.1) is 11.4 Å². The van der Waals surface area contributed by atoms with Gasteiger partial charge >= 0.3 is 5.91 Å². The molecule has 0 saturated carbocycles. The van der Waals surface area contributed by atoms with Gasteiger partial charge in [-0.25, -0.2) is 9.48 Å². The molecule has 2 N–H and O–H groups in total. The minimum absolute atomic E-state index is 0.191. The highest BCUT2D eigenvalue weighted by atomic mass is 35.5. The normalized spacial score (nSPS) is 18.4. The van der Waals surface area contributed by atoms with E-state index >= 15 is 0 Å². The number of halogens is 1. The van der Waals surface area contributed by atoms with Crippen LogP contribution in [-0.4, -0.2) is 45.5 Å². The Morgan fingerprint density at radius 2 is 1.55 bits per heavy atom. The van der Waals surface area contributed by atoms with Crippen LogP contribution >= 0.6 is 11.6 Å². The van der Waals surface area contributed by atoms with Gasteiger partial charge in [0, 0.05) is 31.9 Å². The summed E-state index contributed by atoms with van der Waals surface area (Å²) in [6, 6.07) is 19.8. The Balaban J connectivity index is 1.38. The van der Waals surface area contributed by atoms with Crippen molar-refractivity contribution in [2.45, 2.75) is 38.4 Å². The molecule has 0 atom stereocenters. The highest BCUT2D eigenvalue weighted by molar-refractivity contribution is 6.31. The van der Waals surface area contributed by atoms with Gasteiger partial charge in [0.15, 0.2) is 12.2 Å². The molecule has 2 fully saturated rings. The first-order valence-electron chi connectivity index (χ1n) is 11.5. The smallest absolute Gasteiger partial charge is 0.306 e. The Morgan fingerprint density at radius 3 is 2.15 bits per heavy atom. The fourth-order valence-electron chi connectivity index (χ4n) is 5.31. The Morgan fingerprint density at radius 1 is 0.939 bits per heavy atom. The van der Waals surface area contributed by atoms with Gasteiger partial charge in [-0.15, -0.1) is 0 Å². The molecule has 5 rings (SSSR count). The molecule has 8 heteroatoms. The molecule has 2 aliphatic rings. The summed E-state index contributed by atoms with van der Waals surface area (Å²) in [5.41, 5.74) is 2.07. The van der Waals surface area contributed by atoms with Crippen LogP contribution in [0.4, 0.5) is 5.69 Å². The lowest BCUT2D eigenvalue weighted by atomic mass is 9.85. The van der Waals surface area contributed by atoms with Crippen molar-refractivity contribution in [2.24, 2.45) is 0 Å². The predicted octanol–water partition coefficient (Wildman–Crippen LogP) is 2.21. The monoisotopic (exact) mass is 466 g/mol. The molecule has 2 aliphatic heterocycles. The molecule has 172 valence electrons. The average molecular weight is 467 g/mol. The van der Waals surface area contributed by atoms with Crippen molar-refractivity contribution in [3.05, 3.63) is 81.7 Å². The molecule has 0 radical (unpaired) electrons. The predicted molar refractivity (Wildman–Crippen MR) is 129 cm³/mol. The molecule has 7 nitrogen and oxygen atoms in total. The van der Waals surface area contributed by atoms with Crippen LogP contribution in [0.2, 0.25) is 5.02 Å². The molecule has 1 amide bonds. The maximum Gasteiger partial charge on any atom is 0.337 e. The Bertz CT molecular complexity index is 1200. The molecule has 3 heterocycles. The van der Waals surface area contributed by atoms with Gasteiger partial charge in [0.2, 0.25) is 0 Å². The van der Waals surface area contributed by atoms with Crippen LogP contribution in [0.5, 0.6) is 0 Å². The summed E-state index contributed by atoms with van der Waals surface area (Å²) in [4.78, 5) is 30.5. The van der Waals surface area contributed by atoms with E-state index in [2.05, 4.69) is 21.9 Å². The quantitative estimate of drug-likeness (QED) is 0.626. The number of carbonyl (C=O) groups excluding carboxylic acids is 1. The van der Waals surface area contributed by atoms with Crippen molar-refractivity contribution in [2.75, 3.05) is 24.7 Å². The van der Waals surface area contributed by atoms with E-state index in [1.54, 1.807) is 4.68 Å². The first-order valence-corrected chi connectivity index (χ1v) is 11.9. The molecule has 2 saturated heterocycles. The first-order chi connectivity index (χ1) is 16.0. The number of carbonyl (C=O) groups is 1. The zero-order valence-corrected chi connectivity index (χ0v) is 19.5. The third-order valence-electron chi connectivity index (χ3n) is 7.05. The lowest BCUT2D eigenvalue weighted by Crippen LogP contribution is -2.87. The molecule has 3 aromatic rings. The minimum Gasteiger partial charge on any atom is -0.306 e. The second kappa shape index (κ2) is 8.82. The Labute approximate surface area is 198 Å². The number of likely N-dealkylation sites (tertiary alicyclic amines) is 1. The van der Waals surface area contributed by atoms with E-state index in [1.165, 1.54) is 0 Å². The molecular formula is C25H29ClN5O2+. The number of piperidine rings is 1. The van der Waals surface area contributed by atoms with E-state index in [1.807, 2.05) is 65.5 Å². The molecule has 1 spiro atoms. The summed E-state index contributed by atoms with van der Waals surface area (Å²) in [5, 5.41) is 2.10. The second-order valence-electron chi connectivity index (χ2n) is 8.75. The fraction of sp³-hybridized carbons (Fsp3) is 0.360. The first kappa shape index (κ1) is 21.9. The number of aromatic nitrogens is 2. The standard InChI is InChI=1S/C25H28ClN5O2/c1-2-30-21(22(26)23(32)31(30)20-11-7-4-8-12-20)17-28-15-13-25(14-16-28)24(33)27-18-29(25)19-9-5-3-6-10-19/h3-12H,2,13-18H2,1H3,(H,27,33)/p+1. The van der Waals surface area contributed by atoms with E-state index in [9.17, 15) is 9.59 Å². The molecule has 0 bridgehead atoms. The number of para-hydroxylation sites is 2. The molecular weight excluding hydrogens is 438 g/mol. The van der Waals surface area contributed by atoms with E-state index in [4.69, 9.17) is 11.6 Å². The summed E-state index contributed by atoms with van der Waals surface area (Å²) < 4.78 is 3.63. The maximum absolute atomic E-state index is 13.0. The van der Waals surface area contributed by atoms with Crippen molar-refractivity contribution in [1.29, 1.82) is 0 Å². The molecule has 2 aromatic carbocycles. The second-order valence-corrected chi connectivity index (χ2v) is 9.13. The van der Waals surface area contributed by atoms with Crippen LogP contribution in [0, 0.1) is 0 Å². The van der Waals surface area contributed by atoms with Crippen LogP contribution < -0.4 is 15.8 Å². The number of anilines is 1. The molecule has 0 aliphatic carbocycles. The van der Waals surface area contributed by atoms with Gasteiger partial charge in [-0.1, -0.05) is 48.0 Å². The number of hydrogen-bond donors (Lipinski definition) is 1.